The van der Waals surface area contributed by atoms with Gasteiger partial charge in [-0.3, -0.25) is 9.59 Å². The number of carbonyl (C=O) groups excluding carboxylic acids is 1. The fraction of sp³-hybridized carbons (Fsp3) is 0.450. The van der Waals surface area contributed by atoms with Crippen LogP contribution in [0, 0.1) is 12.8 Å². The molecule has 0 radical (unpaired) electrons. The number of nitrogens with zero attached hydrogens (tertiary/aromatic N) is 2. The van der Waals surface area contributed by atoms with E-state index in [9.17, 15) is 18.0 Å². The van der Waals surface area contributed by atoms with Crippen LogP contribution in [0.4, 0.5) is 0 Å². The van der Waals surface area contributed by atoms with Gasteiger partial charge in [-0.1, -0.05) is 12.1 Å². The van der Waals surface area contributed by atoms with Gasteiger partial charge < -0.3 is 4.74 Å². The van der Waals surface area contributed by atoms with Crippen LogP contribution in [0.15, 0.2) is 40.0 Å². The van der Waals surface area contributed by atoms with Crippen LogP contribution in [0.25, 0.3) is 0 Å². The Balaban J connectivity index is 1.75. The Hall–Kier alpha value is -2.52. The van der Waals surface area contributed by atoms with Gasteiger partial charge in [0.25, 0.3) is 5.56 Å². The average Bonchev–Trinajstić information content (AvgIpc) is 2.71. The second-order valence-electron chi connectivity index (χ2n) is 7.14. The van der Waals surface area contributed by atoms with Crippen molar-refractivity contribution in [2.24, 2.45) is 5.92 Å². The minimum absolute atomic E-state index is 0.134. The van der Waals surface area contributed by atoms with E-state index in [-0.39, 0.29) is 29.6 Å². The van der Waals surface area contributed by atoms with Crippen molar-refractivity contribution in [1.29, 1.82) is 0 Å². The zero-order chi connectivity index (χ0) is 21.0. The van der Waals surface area contributed by atoms with Crippen LogP contribution in [-0.2, 0) is 26.0 Å². The molecule has 9 heteroatoms. The molecule has 1 N–H and O–H groups in total. The summed E-state index contributed by atoms with van der Waals surface area (Å²) in [5, 5.41) is 6.30. The summed E-state index contributed by atoms with van der Waals surface area (Å²) in [7, 11) is -3.70. The highest BCUT2D eigenvalue weighted by atomic mass is 32.2. The molecule has 1 aliphatic rings. The van der Waals surface area contributed by atoms with Crippen molar-refractivity contribution in [1.82, 2.24) is 14.5 Å². The second-order valence-corrected chi connectivity index (χ2v) is 9.08. The maximum Gasteiger partial charge on any atom is 0.310 e. The zero-order valence-electron chi connectivity index (χ0n) is 16.6. The first-order valence-corrected chi connectivity index (χ1v) is 11.1. The number of piperidine rings is 1. The van der Waals surface area contributed by atoms with E-state index in [0.29, 0.717) is 37.1 Å². The third-order valence-electron chi connectivity index (χ3n) is 4.97. The number of aryl methyl sites for hydroxylation is 1. The molecule has 29 heavy (non-hydrogen) atoms. The summed E-state index contributed by atoms with van der Waals surface area (Å²) in [6, 6.07) is 8.21. The lowest BCUT2D eigenvalue weighted by Gasteiger charge is -2.30. The smallest absolute Gasteiger partial charge is 0.310 e. The predicted molar refractivity (Wildman–Crippen MR) is 107 cm³/mol. The summed E-state index contributed by atoms with van der Waals surface area (Å²) in [5.74, 6) is -0.778. The van der Waals surface area contributed by atoms with Crippen molar-refractivity contribution in [3.8, 4) is 0 Å². The van der Waals surface area contributed by atoms with Gasteiger partial charge in [-0.25, -0.2) is 13.5 Å². The Kier molecular flexibility index (Phi) is 6.49. The summed E-state index contributed by atoms with van der Waals surface area (Å²) in [6.07, 6.45) is 1.63. The third-order valence-corrected chi connectivity index (χ3v) is 6.85. The number of benzene rings is 1. The Labute approximate surface area is 169 Å². The van der Waals surface area contributed by atoms with E-state index >= 15 is 0 Å². The van der Waals surface area contributed by atoms with Crippen LogP contribution in [0.2, 0.25) is 0 Å². The molecule has 2 aromatic rings. The Morgan fingerprint density at radius 3 is 2.72 bits per heavy atom. The number of hydrogen-bond donors (Lipinski definition) is 1. The van der Waals surface area contributed by atoms with E-state index < -0.39 is 15.9 Å². The normalized spacial score (nSPS) is 17.8. The highest BCUT2D eigenvalue weighted by Gasteiger charge is 2.33. The van der Waals surface area contributed by atoms with Gasteiger partial charge in [0.2, 0.25) is 10.0 Å². The lowest BCUT2D eigenvalue weighted by molar-refractivity contribution is -0.149. The first kappa shape index (κ1) is 21.2. The maximum absolute atomic E-state index is 13.0. The number of esters is 1. The van der Waals surface area contributed by atoms with Gasteiger partial charge in [-0.2, -0.15) is 9.40 Å². The number of aromatic nitrogens is 2. The molecule has 156 valence electrons. The van der Waals surface area contributed by atoms with E-state index in [1.807, 2.05) is 0 Å². The fourth-order valence-electron chi connectivity index (χ4n) is 3.45. The van der Waals surface area contributed by atoms with Crippen molar-refractivity contribution in [3.05, 3.63) is 57.5 Å². The molecule has 0 aliphatic carbocycles. The van der Waals surface area contributed by atoms with Crippen LogP contribution >= 0.6 is 0 Å². The minimum atomic E-state index is -3.70. The number of sulfonamides is 1. The van der Waals surface area contributed by atoms with Crippen molar-refractivity contribution in [2.75, 3.05) is 19.7 Å². The SMILES string of the molecule is CCOC(=O)[C@@H]1CCCN(S(=O)(=O)c2ccc(Cc3cc(C)n[nH]c3=O)cc2)C1. The molecule has 8 nitrogen and oxygen atoms in total. The predicted octanol–water partition coefficient (Wildman–Crippen LogP) is 1.63. The summed E-state index contributed by atoms with van der Waals surface area (Å²) in [5.41, 5.74) is 1.84. The molecule has 1 aliphatic heterocycles. The van der Waals surface area contributed by atoms with Crippen molar-refractivity contribution in [3.63, 3.8) is 0 Å². The van der Waals surface area contributed by atoms with Crippen molar-refractivity contribution < 1.29 is 17.9 Å². The highest BCUT2D eigenvalue weighted by molar-refractivity contribution is 7.89. The molecular formula is C20H25N3O5S. The Morgan fingerprint density at radius 2 is 2.03 bits per heavy atom. The van der Waals surface area contributed by atoms with Gasteiger partial charge in [0.05, 0.1) is 23.1 Å². The largest absolute Gasteiger partial charge is 0.466 e. The quantitative estimate of drug-likeness (QED) is 0.713. The van der Waals surface area contributed by atoms with Crippen molar-refractivity contribution >= 4 is 16.0 Å². The first-order valence-electron chi connectivity index (χ1n) is 9.62. The summed E-state index contributed by atoms with van der Waals surface area (Å²) in [6.45, 7) is 4.32. The van der Waals surface area contributed by atoms with Gasteiger partial charge in [0.15, 0.2) is 0 Å². The number of ether oxygens (including phenoxy) is 1. The number of carbonyl (C=O) groups is 1. The standard InChI is InChI=1S/C20H25N3O5S/c1-3-28-20(25)16-5-4-10-23(13-16)29(26,27)18-8-6-15(7-9-18)12-17-11-14(2)21-22-19(17)24/h6-9,11,16H,3-5,10,12-13H2,1-2H3,(H,22,24)/t16-/m1/s1. The summed E-state index contributed by atoms with van der Waals surface area (Å²) >= 11 is 0. The van der Waals surface area contributed by atoms with E-state index in [4.69, 9.17) is 4.74 Å². The molecule has 0 spiro atoms. The van der Waals surface area contributed by atoms with Crippen molar-refractivity contribution in [2.45, 2.75) is 38.0 Å². The summed E-state index contributed by atoms with van der Waals surface area (Å²) < 4.78 is 32.4. The van der Waals surface area contributed by atoms with E-state index in [0.717, 1.165) is 5.56 Å². The second kappa shape index (κ2) is 8.87. The lowest BCUT2D eigenvalue weighted by Crippen LogP contribution is -2.42. The molecule has 0 amide bonds. The van der Waals surface area contributed by atoms with Crippen LogP contribution in [0.5, 0.6) is 0 Å². The topological polar surface area (TPSA) is 109 Å². The number of aromatic amines is 1. The third kappa shape index (κ3) is 4.91. The Bertz CT molecular complexity index is 1030. The number of nitrogens with one attached hydrogen (secondary N) is 1. The van der Waals surface area contributed by atoms with Gasteiger partial charge in [0.1, 0.15) is 0 Å². The van der Waals surface area contributed by atoms with E-state index in [2.05, 4.69) is 10.2 Å². The fourth-order valence-corrected chi connectivity index (χ4v) is 4.98. The number of hydrogen-bond acceptors (Lipinski definition) is 6. The highest BCUT2D eigenvalue weighted by Crippen LogP contribution is 2.25. The van der Waals surface area contributed by atoms with Crippen LogP contribution in [0.1, 0.15) is 36.6 Å². The molecule has 1 aromatic heterocycles. The zero-order valence-corrected chi connectivity index (χ0v) is 17.4. The van der Waals surface area contributed by atoms with Crippen LogP contribution < -0.4 is 5.56 Å². The lowest BCUT2D eigenvalue weighted by atomic mass is 10.0. The average molecular weight is 420 g/mol. The molecule has 3 rings (SSSR count). The summed E-state index contributed by atoms with van der Waals surface area (Å²) in [4.78, 5) is 24.1. The van der Waals surface area contributed by atoms with E-state index in [1.165, 1.54) is 4.31 Å². The molecule has 0 bridgehead atoms. The monoisotopic (exact) mass is 419 g/mol. The molecule has 1 saturated heterocycles. The Morgan fingerprint density at radius 1 is 1.31 bits per heavy atom. The maximum atomic E-state index is 13.0. The molecule has 1 aromatic carbocycles. The van der Waals surface area contributed by atoms with Crippen LogP contribution in [-0.4, -0.2) is 48.6 Å². The molecule has 1 atom stereocenters. The van der Waals surface area contributed by atoms with Gasteiger partial charge in [0, 0.05) is 25.1 Å². The van der Waals surface area contributed by atoms with Gasteiger partial charge in [-0.15, -0.1) is 0 Å². The molecular weight excluding hydrogens is 394 g/mol. The minimum Gasteiger partial charge on any atom is -0.466 e. The van der Waals surface area contributed by atoms with Gasteiger partial charge >= 0.3 is 5.97 Å². The molecule has 1 fully saturated rings. The first-order chi connectivity index (χ1) is 13.8. The number of H-pyrrole nitrogens is 1. The molecule has 0 unspecified atom stereocenters. The van der Waals surface area contributed by atoms with Crippen LogP contribution in [0.3, 0.4) is 0 Å². The van der Waals surface area contributed by atoms with Gasteiger partial charge in [-0.05, 0) is 50.5 Å². The van der Waals surface area contributed by atoms with E-state index in [1.54, 1.807) is 44.2 Å². The molecule has 2 heterocycles. The molecule has 0 saturated carbocycles. The number of rotatable bonds is 6.